The molecule has 1 heterocycles. The molecule has 1 nitrogen and oxygen atoms in total. The van der Waals surface area contributed by atoms with E-state index in [0.717, 1.165) is 0 Å². The molecule has 0 saturated heterocycles. The quantitative estimate of drug-likeness (QED) is 0.565. The zero-order valence-corrected chi connectivity index (χ0v) is 5.72. The molecule has 0 saturated carbocycles. The van der Waals surface area contributed by atoms with Crippen LogP contribution in [0.5, 0.6) is 0 Å². The molecule has 0 aliphatic heterocycles. The highest BCUT2D eigenvalue weighted by Gasteiger charge is 2.30. The van der Waals surface area contributed by atoms with Crippen LogP contribution >= 0.6 is 11.6 Å². The Morgan fingerprint density at radius 1 is 1.55 bits per heavy atom. The molecule has 60 valence electrons. The van der Waals surface area contributed by atoms with Gasteiger partial charge in [0.15, 0.2) is 0 Å². The molecule has 0 spiro atoms. The molecule has 0 radical (unpaired) electrons. The number of nitrogens with zero attached hydrogens (tertiary/aromatic N) is 1. The number of alkyl halides is 3. The Labute approximate surface area is 70.0 Å². The maximum atomic E-state index is 12.3. The summed E-state index contributed by atoms with van der Waals surface area (Å²) >= 11 is 5.20. The summed E-state index contributed by atoms with van der Waals surface area (Å²) in [5.74, 6) is 0. The van der Waals surface area contributed by atoms with E-state index in [9.17, 15) is 13.2 Å². The Hall–Kier alpha value is -0.770. The molecule has 0 fully saturated rings. The molecule has 0 bridgehead atoms. The molecular formula is C6H3ClF3N. The minimum absolute atomic E-state index is 0.724. The van der Waals surface area contributed by atoms with E-state index in [2.05, 4.69) is 4.98 Å². The van der Waals surface area contributed by atoms with Crippen LogP contribution in [-0.4, -0.2) is 4.98 Å². The van der Waals surface area contributed by atoms with Crippen molar-refractivity contribution in [3.63, 3.8) is 0 Å². The van der Waals surface area contributed by atoms with Crippen LogP contribution in [0.2, 0.25) is 5.15 Å². The lowest BCUT2D eigenvalue weighted by molar-refractivity contribution is -0.137. The van der Waals surface area contributed by atoms with Crippen LogP contribution in [0.15, 0.2) is 18.3 Å². The van der Waals surface area contributed by atoms with Gasteiger partial charge in [-0.15, -0.1) is 0 Å². The first-order valence-electron chi connectivity index (χ1n) is 3.95. The van der Waals surface area contributed by atoms with Crippen molar-refractivity contribution in [1.29, 1.82) is 0 Å². The number of aromatic nitrogens is 1. The maximum Gasteiger partial charge on any atom is 0.416 e. The third-order valence-electron chi connectivity index (χ3n) is 0.847. The molecule has 11 heavy (non-hydrogen) atoms. The van der Waals surface area contributed by atoms with E-state index in [1.807, 2.05) is 0 Å². The summed E-state index contributed by atoms with van der Waals surface area (Å²) in [6.45, 7) is 0. The highest BCUT2D eigenvalue weighted by Crippen LogP contribution is 2.29. The number of pyridine rings is 1. The number of hydrogen-bond acceptors (Lipinski definition) is 1. The van der Waals surface area contributed by atoms with E-state index in [4.69, 9.17) is 15.7 Å². The number of halogens is 4. The molecule has 0 aliphatic rings. The van der Waals surface area contributed by atoms with Gasteiger partial charge < -0.3 is 0 Å². The van der Waals surface area contributed by atoms with Crippen molar-refractivity contribution in [2.45, 2.75) is 6.18 Å². The molecular weight excluding hydrogens is 179 g/mol. The second-order valence-electron chi connectivity index (χ2n) is 1.64. The van der Waals surface area contributed by atoms with Crippen molar-refractivity contribution in [3.05, 3.63) is 29.0 Å². The number of hydrogen-bond donors (Lipinski definition) is 0. The maximum absolute atomic E-state index is 12.3. The summed E-state index contributed by atoms with van der Waals surface area (Å²) < 4.78 is 57.6. The van der Waals surface area contributed by atoms with Gasteiger partial charge >= 0.3 is 6.18 Å². The molecule has 0 aliphatic carbocycles. The fraction of sp³-hybridized carbons (Fsp3) is 0.167. The summed E-state index contributed by atoms with van der Waals surface area (Å²) in [7, 11) is 0. The molecule has 1 aromatic rings. The van der Waals surface area contributed by atoms with Gasteiger partial charge in [-0.1, -0.05) is 11.6 Å². The SMILES string of the molecule is [2H]c1nc(Cl)c([2H])c(C(F)(F)F)c1[2H]. The van der Waals surface area contributed by atoms with E-state index < -0.39 is 35.2 Å². The van der Waals surface area contributed by atoms with Crippen LogP contribution in [0, 0.1) is 0 Å². The fourth-order valence-corrected chi connectivity index (χ4v) is 0.574. The molecule has 5 heteroatoms. The van der Waals surface area contributed by atoms with Gasteiger partial charge in [0, 0.05) is 6.17 Å². The van der Waals surface area contributed by atoms with E-state index >= 15 is 0 Å². The minimum Gasteiger partial charge on any atom is -0.245 e. The Balaban J connectivity index is 3.56. The van der Waals surface area contributed by atoms with E-state index in [1.54, 1.807) is 0 Å². The standard InChI is InChI=1S/C6H3ClF3N/c7-5-3-4(1-2-11-5)6(8,9)10/h1-3H/i1D,2D,3D. The van der Waals surface area contributed by atoms with Gasteiger partial charge in [0.1, 0.15) is 5.15 Å². The minimum atomic E-state index is -4.86. The van der Waals surface area contributed by atoms with Crippen LogP contribution in [0.1, 0.15) is 9.68 Å². The van der Waals surface area contributed by atoms with Crippen LogP contribution in [0.25, 0.3) is 0 Å². The first-order valence-corrected chi connectivity index (χ1v) is 2.83. The zero-order valence-electron chi connectivity index (χ0n) is 7.96. The second kappa shape index (κ2) is 2.70. The van der Waals surface area contributed by atoms with Gasteiger partial charge in [-0.3, -0.25) is 0 Å². The molecule has 0 amide bonds. The highest BCUT2D eigenvalue weighted by molar-refractivity contribution is 6.29. The van der Waals surface area contributed by atoms with E-state index in [1.165, 1.54) is 0 Å². The van der Waals surface area contributed by atoms with Crippen LogP contribution < -0.4 is 0 Å². The topological polar surface area (TPSA) is 12.9 Å². The monoisotopic (exact) mass is 184 g/mol. The lowest BCUT2D eigenvalue weighted by Crippen LogP contribution is -2.04. The van der Waals surface area contributed by atoms with Crippen molar-refractivity contribution < 1.29 is 17.3 Å². The fourth-order valence-electron chi connectivity index (χ4n) is 0.437. The van der Waals surface area contributed by atoms with Gasteiger partial charge in [0.05, 0.1) is 9.68 Å². The molecule has 0 atom stereocenters. The number of rotatable bonds is 0. The summed E-state index contributed by atoms with van der Waals surface area (Å²) in [5, 5.41) is -0.724. The van der Waals surface area contributed by atoms with Crippen molar-refractivity contribution in [3.8, 4) is 0 Å². The average molecular weight is 185 g/mol. The third kappa shape index (κ3) is 2.08. The largest absolute Gasteiger partial charge is 0.416 e. The smallest absolute Gasteiger partial charge is 0.245 e. The van der Waals surface area contributed by atoms with Crippen LogP contribution in [-0.2, 0) is 6.18 Å². The van der Waals surface area contributed by atoms with Crippen molar-refractivity contribution in [2.75, 3.05) is 0 Å². The van der Waals surface area contributed by atoms with Gasteiger partial charge in [-0.25, -0.2) is 4.98 Å². The molecule has 1 aromatic heterocycles. The molecule has 0 unspecified atom stereocenters. The Kier molecular flexibility index (Phi) is 1.22. The summed E-state index contributed by atoms with van der Waals surface area (Å²) in [6, 6.07) is -2.20. The predicted octanol–water partition coefficient (Wildman–Crippen LogP) is 2.75. The predicted molar refractivity (Wildman–Crippen MR) is 34.2 cm³/mol. The lowest BCUT2D eigenvalue weighted by atomic mass is 10.3. The van der Waals surface area contributed by atoms with Crippen molar-refractivity contribution in [1.82, 2.24) is 4.98 Å². The van der Waals surface area contributed by atoms with Gasteiger partial charge in [0.25, 0.3) is 0 Å². The second-order valence-corrected chi connectivity index (χ2v) is 2.00. The lowest BCUT2D eigenvalue weighted by Gasteiger charge is -2.04. The van der Waals surface area contributed by atoms with Gasteiger partial charge in [-0.05, 0) is 12.1 Å². The van der Waals surface area contributed by atoms with E-state index in [0.29, 0.717) is 0 Å². The van der Waals surface area contributed by atoms with E-state index in [-0.39, 0.29) is 0 Å². The van der Waals surface area contributed by atoms with Crippen LogP contribution in [0.3, 0.4) is 0 Å². The molecule has 1 rings (SSSR count). The third-order valence-corrected chi connectivity index (χ3v) is 1.03. The Morgan fingerprint density at radius 3 is 2.73 bits per heavy atom. The summed E-state index contributed by atoms with van der Waals surface area (Å²) in [5.41, 5.74) is -1.53. The Morgan fingerprint density at radius 2 is 2.18 bits per heavy atom. The normalized spacial score (nSPS) is 15.5. The van der Waals surface area contributed by atoms with Crippen molar-refractivity contribution >= 4 is 11.6 Å². The first-order chi connectivity index (χ1) is 6.25. The molecule has 0 aromatic carbocycles. The molecule has 0 N–H and O–H groups in total. The van der Waals surface area contributed by atoms with Gasteiger partial charge in [0.2, 0.25) is 0 Å². The summed E-state index contributed by atoms with van der Waals surface area (Å²) in [6.07, 6.45) is -5.75. The Bertz CT molecular complexity index is 353. The zero-order chi connectivity index (χ0) is 11.1. The summed E-state index contributed by atoms with van der Waals surface area (Å²) in [4.78, 5) is 3.10. The first kappa shape index (κ1) is 4.98. The van der Waals surface area contributed by atoms with Crippen LogP contribution in [0.4, 0.5) is 13.2 Å². The van der Waals surface area contributed by atoms with Gasteiger partial charge in [-0.2, -0.15) is 13.2 Å². The highest BCUT2D eigenvalue weighted by atomic mass is 35.5. The average Bonchev–Trinajstić information content (AvgIpc) is 1.98. The van der Waals surface area contributed by atoms with Crippen molar-refractivity contribution in [2.24, 2.45) is 0 Å².